The maximum absolute atomic E-state index is 14.2. The normalized spacial score (nSPS) is 24.7. The lowest BCUT2D eigenvalue weighted by Gasteiger charge is -2.27. The van der Waals surface area contributed by atoms with Gasteiger partial charge >= 0.3 is 6.03 Å². The van der Waals surface area contributed by atoms with E-state index < -0.39 is 50.1 Å². The third-order valence-electron chi connectivity index (χ3n) is 11.2. The molecule has 0 unspecified atom stereocenters. The van der Waals surface area contributed by atoms with E-state index in [1.807, 2.05) is 17.5 Å². The van der Waals surface area contributed by atoms with E-state index >= 15 is 0 Å². The van der Waals surface area contributed by atoms with Gasteiger partial charge in [0.05, 0.1) is 29.7 Å². The fraction of sp³-hybridized carbons (Fsp3) is 0.564. The van der Waals surface area contributed by atoms with Crippen LogP contribution in [0.3, 0.4) is 0 Å². The van der Waals surface area contributed by atoms with E-state index in [1.165, 1.54) is 23.3 Å². The molecule has 3 heterocycles. The molecule has 4 aliphatic rings. The number of nitrogens with zero attached hydrogens (tertiary/aromatic N) is 3. The molecule has 16 heteroatoms. The van der Waals surface area contributed by atoms with Crippen LogP contribution >= 0.6 is 22.9 Å². The molecule has 3 atom stereocenters. The van der Waals surface area contributed by atoms with Crippen LogP contribution in [0.25, 0.3) is 21.6 Å². The van der Waals surface area contributed by atoms with Gasteiger partial charge in [-0.1, -0.05) is 50.4 Å². The number of allylic oxidation sites excluding steroid dienone is 1. The maximum Gasteiger partial charge on any atom is 0.317 e. The first-order valence-electron chi connectivity index (χ1n) is 19.1. The minimum Gasteiger partial charge on any atom is -0.495 e. The van der Waals surface area contributed by atoms with Gasteiger partial charge < -0.3 is 25.0 Å². The first kappa shape index (κ1) is 39.3. The molecule has 0 saturated heterocycles. The van der Waals surface area contributed by atoms with Gasteiger partial charge in [-0.2, -0.15) is 0 Å². The van der Waals surface area contributed by atoms with Crippen molar-refractivity contribution in [1.29, 1.82) is 0 Å². The standard InChI is InChI=1S/C39H49ClN6O7S2/c1-23(2)29-22-54-35(42-29)28-19-31(26-12-13-30(52-4)32(40)33(26)41-28)53-18-14-27-34(47)44-39(21-25(39)9-7-5-6-8-17-46(3)37(49)43-27)36(48)45-55(50,51)38(15-16-38)20-24-10-11-24/h7,9,12-13,19,22-25,27H,5-6,8,10-11,14-18,20-21H2,1-4H3,(H,43,49)(H,44,47)(H,45,48)/b9-7-/t25-,27+,39-/m1/s1. The topological polar surface area (TPSA) is 169 Å². The molecule has 3 fully saturated rings. The van der Waals surface area contributed by atoms with Gasteiger partial charge in [0.1, 0.15) is 38.8 Å². The highest BCUT2D eigenvalue weighted by Crippen LogP contribution is 2.53. The van der Waals surface area contributed by atoms with Crippen LogP contribution in [0.2, 0.25) is 5.02 Å². The van der Waals surface area contributed by atoms with Crippen LogP contribution in [0, 0.1) is 11.8 Å². The number of fused-ring (bicyclic) bond motifs is 2. The highest BCUT2D eigenvalue weighted by atomic mass is 35.5. The smallest absolute Gasteiger partial charge is 0.317 e. The summed E-state index contributed by atoms with van der Waals surface area (Å²) in [6, 6.07) is 3.74. The van der Waals surface area contributed by atoms with Crippen LogP contribution in [0.15, 0.2) is 35.7 Å². The summed E-state index contributed by atoms with van der Waals surface area (Å²) in [7, 11) is -0.773. The van der Waals surface area contributed by atoms with E-state index in [1.54, 1.807) is 25.2 Å². The van der Waals surface area contributed by atoms with Crippen LogP contribution < -0.4 is 24.8 Å². The number of methoxy groups -OCH3 is 1. The molecule has 7 rings (SSSR count). The van der Waals surface area contributed by atoms with Crippen LogP contribution in [0.1, 0.15) is 89.7 Å². The number of hydrogen-bond donors (Lipinski definition) is 3. The molecule has 55 heavy (non-hydrogen) atoms. The molecule has 0 radical (unpaired) electrons. The Morgan fingerprint density at radius 2 is 1.95 bits per heavy atom. The van der Waals surface area contributed by atoms with Crippen LogP contribution in [-0.2, 0) is 19.6 Å². The molecule has 3 aromatic rings. The van der Waals surface area contributed by atoms with E-state index in [9.17, 15) is 22.8 Å². The number of aromatic nitrogens is 2. The second kappa shape index (κ2) is 15.5. The van der Waals surface area contributed by atoms with Crippen molar-refractivity contribution in [2.75, 3.05) is 27.3 Å². The average Bonchev–Trinajstić information content (AvgIpc) is 4.11. The zero-order chi connectivity index (χ0) is 39.1. The Morgan fingerprint density at radius 3 is 2.64 bits per heavy atom. The molecule has 1 aromatic carbocycles. The van der Waals surface area contributed by atoms with Crippen molar-refractivity contribution in [3.8, 4) is 22.2 Å². The molecule has 0 spiro atoms. The zero-order valence-electron chi connectivity index (χ0n) is 31.7. The zero-order valence-corrected chi connectivity index (χ0v) is 34.0. The van der Waals surface area contributed by atoms with Crippen molar-refractivity contribution in [3.63, 3.8) is 0 Å². The van der Waals surface area contributed by atoms with Crippen LogP contribution in [0.5, 0.6) is 11.5 Å². The third kappa shape index (κ3) is 8.29. The number of nitrogens with one attached hydrogen (secondary N) is 3. The molecule has 296 valence electrons. The summed E-state index contributed by atoms with van der Waals surface area (Å²) in [4.78, 5) is 52.6. The number of hydrogen-bond acceptors (Lipinski definition) is 10. The first-order chi connectivity index (χ1) is 26.3. The molecule has 3 saturated carbocycles. The predicted octanol–water partition coefficient (Wildman–Crippen LogP) is 6.32. The van der Waals surface area contributed by atoms with Gasteiger partial charge in [-0.25, -0.2) is 23.2 Å². The van der Waals surface area contributed by atoms with E-state index in [0.717, 1.165) is 37.8 Å². The summed E-state index contributed by atoms with van der Waals surface area (Å²) in [6.07, 6.45) is 10.0. The van der Waals surface area contributed by atoms with Gasteiger partial charge in [-0.3, -0.25) is 14.3 Å². The van der Waals surface area contributed by atoms with Gasteiger partial charge in [0, 0.05) is 42.8 Å². The van der Waals surface area contributed by atoms with Gasteiger partial charge in [0.25, 0.3) is 5.91 Å². The Hall–Kier alpha value is -3.95. The molecule has 2 aromatic heterocycles. The third-order valence-corrected chi connectivity index (χ3v) is 14.7. The van der Waals surface area contributed by atoms with Crippen molar-refractivity contribution < 1.29 is 32.3 Å². The second-order valence-corrected chi connectivity index (χ2v) is 19.0. The highest BCUT2D eigenvalue weighted by molar-refractivity contribution is 7.91. The van der Waals surface area contributed by atoms with Crippen molar-refractivity contribution in [2.24, 2.45) is 11.8 Å². The number of halogens is 1. The minimum absolute atomic E-state index is 0.0139. The molecule has 0 bridgehead atoms. The fourth-order valence-electron chi connectivity index (χ4n) is 7.23. The van der Waals surface area contributed by atoms with E-state index in [0.29, 0.717) is 69.9 Å². The van der Waals surface area contributed by atoms with Crippen LogP contribution in [0.4, 0.5) is 4.79 Å². The monoisotopic (exact) mass is 812 g/mol. The molecule has 3 aliphatic carbocycles. The van der Waals surface area contributed by atoms with E-state index in [2.05, 4.69) is 29.2 Å². The number of amides is 4. The summed E-state index contributed by atoms with van der Waals surface area (Å²) in [5, 5.41) is 9.35. The SMILES string of the molecule is COc1ccc2c(OCC[C@@H]3NC(=O)N(C)CCCC/C=C\[C@@H]4C[C@@]4(C(=O)NS(=O)(=O)C4(CC5CC5)CC4)NC3=O)cc(-c3nc(C(C)C)cs3)nc2c1Cl. The molecule has 4 amide bonds. The number of carbonyl (C=O) groups excluding carboxylic acids is 3. The number of ether oxygens (including phenoxy) is 2. The molecular formula is C39H49ClN6O7S2. The minimum atomic E-state index is -3.97. The summed E-state index contributed by atoms with van der Waals surface area (Å²) in [5.41, 5.74) is 0.483. The van der Waals surface area contributed by atoms with E-state index in [4.69, 9.17) is 31.0 Å². The largest absolute Gasteiger partial charge is 0.495 e. The van der Waals surface area contributed by atoms with Crippen molar-refractivity contribution in [1.82, 2.24) is 30.2 Å². The van der Waals surface area contributed by atoms with Crippen molar-refractivity contribution in [2.45, 2.75) is 100 Å². The van der Waals surface area contributed by atoms with Gasteiger partial charge in [-0.05, 0) is 68.9 Å². The number of urea groups is 1. The number of carbonyl (C=O) groups is 3. The van der Waals surface area contributed by atoms with Gasteiger partial charge in [0.2, 0.25) is 15.9 Å². The predicted molar refractivity (Wildman–Crippen MR) is 212 cm³/mol. The Labute approximate surface area is 331 Å². The molecular weight excluding hydrogens is 764 g/mol. The number of thiazole rings is 1. The Bertz CT molecular complexity index is 2120. The van der Waals surface area contributed by atoms with Crippen molar-refractivity contribution >= 4 is 61.7 Å². The lowest BCUT2D eigenvalue weighted by molar-refractivity contribution is -0.130. The summed E-state index contributed by atoms with van der Waals surface area (Å²) in [6.45, 7) is 4.61. The second-order valence-electron chi connectivity index (χ2n) is 15.7. The van der Waals surface area contributed by atoms with E-state index in [-0.39, 0.29) is 25.4 Å². The first-order valence-corrected chi connectivity index (χ1v) is 21.8. The number of pyridine rings is 1. The molecule has 1 aliphatic heterocycles. The number of benzene rings is 1. The maximum atomic E-state index is 14.2. The highest BCUT2D eigenvalue weighted by Gasteiger charge is 2.63. The number of sulfonamides is 1. The lowest BCUT2D eigenvalue weighted by Crippen LogP contribution is -2.58. The van der Waals surface area contributed by atoms with Gasteiger partial charge in [0.15, 0.2) is 0 Å². The van der Waals surface area contributed by atoms with Gasteiger partial charge in [-0.15, -0.1) is 11.3 Å². The quantitative estimate of drug-likeness (QED) is 0.177. The summed E-state index contributed by atoms with van der Waals surface area (Å²) >= 11 is 8.21. The van der Waals surface area contributed by atoms with Crippen molar-refractivity contribution in [3.05, 3.63) is 46.4 Å². The fourth-order valence-corrected chi connectivity index (χ4v) is 10.2. The lowest BCUT2D eigenvalue weighted by atomic mass is 10.1. The molecule has 3 N–H and O–H groups in total. The Kier molecular flexibility index (Phi) is 11.1. The number of rotatable bonds is 12. The molecule has 13 nitrogen and oxygen atoms in total. The Balaban J connectivity index is 1.14. The summed E-state index contributed by atoms with van der Waals surface area (Å²) < 4.78 is 40.5. The summed E-state index contributed by atoms with van der Waals surface area (Å²) in [5.74, 6) is -0.244. The van der Waals surface area contributed by atoms with Crippen LogP contribution in [-0.4, -0.2) is 84.8 Å². The Morgan fingerprint density at radius 1 is 1.16 bits per heavy atom. The average molecular weight is 813 g/mol.